The summed E-state index contributed by atoms with van der Waals surface area (Å²) in [5.74, 6) is 1.16. The van der Waals surface area contributed by atoms with Crippen LogP contribution in [0.1, 0.15) is 49.6 Å². The Labute approximate surface area is 177 Å². The number of tetrazole rings is 1. The Balaban J connectivity index is 1.26. The van der Waals surface area contributed by atoms with Crippen LogP contribution in [-0.4, -0.2) is 61.3 Å². The molecule has 1 aromatic carbocycles. The van der Waals surface area contributed by atoms with Gasteiger partial charge < -0.3 is 4.90 Å². The fourth-order valence-corrected chi connectivity index (χ4v) is 4.47. The van der Waals surface area contributed by atoms with E-state index in [4.69, 9.17) is 0 Å². The number of hydrogen-bond acceptors (Lipinski definition) is 6. The van der Waals surface area contributed by atoms with Gasteiger partial charge in [0.05, 0.1) is 6.54 Å². The Bertz CT molecular complexity index is 895. The van der Waals surface area contributed by atoms with Gasteiger partial charge in [0.25, 0.3) is 0 Å². The second kappa shape index (κ2) is 9.47. The van der Waals surface area contributed by atoms with Gasteiger partial charge in [-0.1, -0.05) is 24.3 Å². The van der Waals surface area contributed by atoms with E-state index in [2.05, 4.69) is 44.7 Å². The van der Waals surface area contributed by atoms with Crippen molar-refractivity contribution in [3.63, 3.8) is 0 Å². The van der Waals surface area contributed by atoms with Crippen molar-refractivity contribution >= 4 is 11.7 Å². The molecule has 0 N–H and O–H groups in total. The highest BCUT2D eigenvalue weighted by Gasteiger charge is 2.26. The molecule has 160 valence electrons. The second-order valence-corrected chi connectivity index (χ2v) is 8.44. The fourth-order valence-electron chi connectivity index (χ4n) is 4.47. The van der Waals surface area contributed by atoms with Crippen LogP contribution in [0.3, 0.4) is 0 Å². The van der Waals surface area contributed by atoms with E-state index in [-0.39, 0.29) is 17.6 Å². The van der Waals surface area contributed by atoms with Gasteiger partial charge in [-0.15, -0.1) is 5.10 Å². The summed E-state index contributed by atoms with van der Waals surface area (Å²) in [5.41, 5.74) is 2.80. The first kappa shape index (κ1) is 20.7. The fraction of sp³-hybridized carbons (Fsp3) is 0.591. The summed E-state index contributed by atoms with van der Waals surface area (Å²) >= 11 is 0. The lowest BCUT2D eigenvalue weighted by Crippen LogP contribution is -2.41. The minimum Gasteiger partial charge on any atom is -0.342 e. The standard InChI is InChI=1S/C22H30N6O2/c1-17(29)19-8-4-11-27(15-19)22(30)9-5-12-28-21(23-24-25-28)16-26-13-10-18-6-2-3-7-20(18)14-26/h2-3,6-7,19H,4-5,8-16H2,1H3. The summed E-state index contributed by atoms with van der Waals surface area (Å²) < 4.78 is 1.82. The average molecular weight is 411 g/mol. The third-order valence-electron chi connectivity index (χ3n) is 6.29. The normalized spacial score (nSPS) is 19.5. The van der Waals surface area contributed by atoms with Crippen LogP contribution in [0.4, 0.5) is 0 Å². The van der Waals surface area contributed by atoms with Gasteiger partial charge >= 0.3 is 0 Å². The first-order valence-electron chi connectivity index (χ1n) is 10.9. The van der Waals surface area contributed by atoms with Gasteiger partial charge in [-0.3, -0.25) is 14.5 Å². The van der Waals surface area contributed by atoms with E-state index in [1.165, 1.54) is 11.1 Å². The van der Waals surface area contributed by atoms with Crippen molar-refractivity contribution < 1.29 is 9.59 Å². The number of aromatic nitrogens is 4. The molecular formula is C22H30N6O2. The van der Waals surface area contributed by atoms with Gasteiger partial charge in [-0.25, -0.2) is 4.68 Å². The largest absolute Gasteiger partial charge is 0.342 e. The number of carbonyl (C=O) groups excluding carboxylic acids is 2. The quantitative estimate of drug-likeness (QED) is 0.693. The first-order valence-corrected chi connectivity index (χ1v) is 10.9. The summed E-state index contributed by atoms with van der Waals surface area (Å²) in [6, 6.07) is 8.58. The maximum atomic E-state index is 12.6. The number of rotatable bonds is 7. The number of nitrogens with zero attached hydrogens (tertiary/aromatic N) is 6. The van der Waals surface area contributed by atoms with Crippen molar-refractivity contribution in [3.05, 3.63) is 41.2 Å². The Hall–Kier alpha value is -2.61. The third-order valence-corrected chi connectivity index (χ3v) is 6.29. The van der Waals surface area contributed by atoms with Crippen LogP contribution in [0.15, 0.2) is 24.3 Å². The Kier molecular flexibility index (Phi) is 6.52. The highest BCUT2D eigenvalue weighted by Crippen LogP contribution is 2.20. The maximum Gasteiger partial charge on any atom is 0.222 e. The molecule has 0 aliphatic carbocycles. The van der Waals surface area contributed by atoms with Crippen LogP contribution in [0.25, 0.3) is 0 Å². The number of aryl methyl sites for hydroxylation is 1. The van der Waals surface area contributed by atoms with Crippen molar-refractivity contribution in [2.24, 2.45) is 5.92 Å². The predicted molar refractivity (Wildman–Crippen MR) is 111 cm³/mol. The molecule has 0 bridgehead atoms. The molecular weight excluding hydrogens is 380 g/mol. The van der Waals surface area contributed by atoms with Crippen molar-refractivity contribution in [1.82, 2.24) is 30.0 Å². The smallest absolute Gasteiger partial charge is 0.222 e. The van der Waals surface area contributed by atoms with E-state index >= 15 is 0 Å². The predicted octanol–water partition coefficient (Wildman–Crippen LogP) is 1.84. The van der Waals surface area contributed by atoms with Crippen LogP contribution < -0.4 is 0 Å². The Morgan fingerprint density at radius 2 is 2.00 bits per heavy atom. The molecule has 8 nitrogen and oxygen atoms in total. The van der Waals surface area contributed by atoms with Crippen molar-refractivity contribution in [3.8, 4) is 0 Å². The van der Waals surface area contributed by atoms with E-state index in [1.54, 1.807) is 6.92 Å². The lowest BCUT2D eigenvalue weighted by Gasteiger charge is -2.31. The van der Waals surface area contributed by atoms with Crippen LogP contribution >= 0.6 is 0 Å². The van der Waals surface area contributed by atoms with Gasteiger partial charge in [-0.2, -0.15) is 0 Å². The number of piperidine rings is 1. The number of hydrogen-bond donors (Lipinski definition) is 0. The Morgan fingerprint density at radius 1 is 1.17 bits per heavy atom. The maximum absolute atomic E-state index is 12.6. The van der Waals surface area contributed by atoms with Crippen LogP contribution in [0.5, 0.6) is 0 Å². The SMILES string of the molecule is CC(=O)C1CCCN(C(=O)CCCn2nnnc2CN2CCc3ccccc3C2)C1. The number of likely N-dealkylation sites (tertiary alicyclic amines) is 1. The lowest BCUT2D eigenvalue weighted by atomic mass is 9.94. The minimum absolute atomic E-state index is 0.00323. The van der Waals surface area contributed by atoms with Crippen LogP contribution in [0, 0.1) is 5.92 Å². The zero-order chi connectivity index (χ0) is 20.9. The highest BCUT2D eigenvalue weighted by molar-refractivity contribution is 5.81. The summed E-state index contributed by atoms with van der Waals surface area (Å²) in [7, 11) is 0. The van der Waals surface area contributed by atoms with E-state index in [9.17, 15) is 9.59 Å². The second-order valence-electron chi connectivity index (χ2n) is 8.44. The molecule has 1 atom stereocenters. The molecule has 30 heavy (non-hydrogen) atoms. The molecule has 8 heteroatoms. The minimum atomic E-state index is 0.00323. The van der Waals surface area contributed by atoms with E-state index in [1.807, 2.05) is 9.58 Å². The van der Waals surface area contributed by atoms with Crippen molar-refractivity contribution in [1.29, 1.82) is 0 Å². The molecule has 1 fully saturated rings. The zero-order valence-corrected chi connectivity index (χ0v) is 17.7. The van der Waals surface area contributed by atoms with E-state index < -0.39 is 0 Å². The molecule has 2 aliphatic rings. The molecule has 1 saturated heterocycles. The number of amides is 1. The topological polar surface area (TPSA) is 84.2 Å². The van der Waals surface area contributed by atoms with Crippen molar-refractivity contribution in [2.75, 3.05) is 19.6 Å². The molecule has 0 spiro atoms. The number of fused-ring (bicyclic) bond motifs is 1. The molecule has 0 saturated carbocycles. The number of ketones is 1. The molecule has 1 unspecified atom stereocenters. The molecule has 4 rings (SSSR count). The average Bonchev–Trinajstić information content (AvgIpc) is 3.20. The van der Waals surface area contributed by atoms with Gasteiger partial charge in [0.2, 0.25) is 5.91 Å². The van der Waals surface area contributed by atoms with E-state index in [0.29, 0.717) is 32.5 Å². The number of carbonyl (C=O) groups is 2. The summed E-state index contributed by atoms with van der Waals surface area (Å²) in [6.07, 6.45) is 4.01. The number of benzene rings is 1. The van der Waals surface area contributed by atoms with Gasteiger partial charge in [0, 0.05) is 45.1 Å². The highest BCUT2D eigenvalue weighted by atomic mass is 16.2. The summed E-state index contributed by atoms with van der Waals surface area (Å²) in [5, 5.41) is 12.2. The van der Waals surface area contributed by atoms with Crippen LogP contribution in [0.2, 0.25) is 0 Å². The van der Waals surface area contributed by atoms with Gasteiger partial charge in [-0.05, 0) is 54.2 Å². The molecule has 2 aliphatic heterocycles. The molecule has 0 radical (unpaired) electrons. The molecule has 1 aromatic heterocycles. The molecule has 2 aromatic rings. The third kappa shape index (κ3) is 4.92. The first-order chi connectivity index (χ1) is 14.6. The summed E-state index contributed by atoms with van der Waals surface area (Å²) in [6.45, 7) is 6.20. The van der Waals surface area contributed by atoms with E-state index in [0.717, 1.165) is 44.7 Å². The van der Waals surface area contributed by atoms with Gasteiger partial charge in [0.1, 0.15) is 5.78 Å². The summed E-state index contributed by atoms with van der Waals surface area (Å²) in [4.78, 5) is 28.4. The molecule has 1 amide bonds. The van der Waals surface area contributed by atoms with Crippen molar-refractivity contribution in [2.45, 2.75) is 58.7 Å². The number of Topliss-reactive ketones (excluding diaryl/α,β-unsaturated/α-hetero) is 1. The monoisotopic (exact) mass is 410 g/mol. The van der Waals surface area contributed by atoms with Gasteiger partial charge in [0.15, 0.2) is 5.82 Å². The van der Waals surface area contributed by atoms with Crippen LogP contribution in [-0.2, 0) is 35.6 Å². The Morgan fingerprint density at radius 3 is 2.83 bits per heavy atom. The molecule has 3 heterocycles. The zero-order valence-electron chi connectivity index (χ0n) is 17.7. The lowest BCUT2D eigenvalue weighted by molar-refractivity contribution is -0.134.